The molecule has 1 aliphatic rings. The fourth-order valence-corrected chi connectivity index (χ4v) is 1.92. The highest BCUT2D eigenvalue weighted by Crippen LogP contribution is 2.21. The standard InChI is InChI=1S/C8H12O2S/c1-3-10-8-5-11-4-7(9)6(8)2/h3-5H2,1-2H3. The van der Waals surface area contributed by atoms with Gasteiger partial charge in [-0.1, -0.05) is 0 Å². The Bertz CT molecular complexity index is 196. The summed E-state index contributed by atoms with van der Waals surface area (Å²) in [7, 11) is 0. The first kappa shape index (κ1) is 8.65. The van der Waals surface area contributed by atoms with E-state index in [0.29, 0.717) is 12.4 Å². The monoisotopic (exact) mass is 172 g/mol. The third-order valence-electron chi connectivity index (χ3n) is 1.62. The zero-order valence-electron chi connectivity index (χ0n) is 6.85. The molecule has 0 aromatic rings. The van der Waals surface area contributed by atoms with Crippen LogP contribution in [0.3, 0.4) is 0 Å². The second-order valence-corrected chi connectivity index (χ2v) is 3.38. The molecule has 0 saturated carbocycles. The van der Waals surface area contributed by atoms with Crippen LogP contribution in [0.25, 0.3) is 0 Å². The molecule has 0 fully saturated rings. The summed E-state index contributed by atoms with van der Waals surface area (Å²) in [5.74, 6) is 2.55. The molecule has 1 aliphatic heterocycles. The summed E-state index contributed by atoms with van der Waals surface area (Å²) in [6.07, 6.45) is 0. The topological polar surface area (TPSA) is 26.3 Å². The van der Waals surface area contributed by atoms with Crippen molar-refractivity contribution in [1.29, 1.82) is 0 Å². The SMILES string of the molecule is CCOC1=C(C)C(=O)CSC1. The molecule has 0 aromatic heterocycles. The van der Waals surface area contributed by atoms with Gasteiger partial charge in [0, 0.05) is 5.57 Å². The average molecular weight is 172 g/mol. The Labute approximate surface area is 71.0 Å². The van der Waals surface area contributed by atoms with Gasteiger partial charge in [0.15, 0.2) is 5.78 Å². The summed E-state index contributed by atoms with van der Waals surface area (Å²) < 4.78 is 5.30. The van der Waals surface area contributed by atoms with Crippen molar-refractivity contribution in [2.75, 3.05) is 18.1 Å². The number of rotatable bonds is 2. The molecule has 0 bridgehead atoms. The quantitative estimate of drug-likeness (QED) is 0.633. The zero-order valence-corrected chi connectivity index (χ0v) is 7.66. The minimum atomic E-state index is 0.213. The lowest BCUT2D eigenvalue weighted by Crippen LogP contribution is -2.15. The summed E-state index contributed by atoms with van der Waals surface area (Å²) >= 11 is 1.62. The molecule has 0 aromatic carbocycles. The van der Waals surface area contributed by atoms with Gasteiger partial charge < -0.3 is 4.74 Å². The van der Waals surface area contributed by atoms with Crippen molar-refractivity contribution in [3.63, 3.8) is 0 Å². The van der Waals surface area contributed by atoms with Crippen molar-refractivity contribution in [3.8, 4) is 0 Å². The van der Waals surface area contributed by atoms with Gasteiger partial charge in [0.1, 0.15) is 5.76 Å². The molecule has 0 saturated heterocycles. The second-order valence-electron chi connectivity index (χ2n) is 2.40. The van der Waals surface area contributed by atoms with Crippen LogP contribution in [0, 0.1) is 0 Å². The number of hydrogen-bond donors (Lipinski definition) is 0. The maximum absolute atomic E-state index is 11.1. The predicted octanol–water partition coefficient (Wildman–Crippen LogP) is 1.61. The number of Topliss-reactive ketones (excluding diaryl/α,β-unsaturated/α-hetero) is 1. The van der Waals surface area contributed by atoms with E-state index in [4.69, 9.17) is 4.74 Å². The van der Waals surface area contributed by atoms with Gasteiger partial charge in [0.05, 0.1) is 18.1 Å². The first-order valence-electron chi connectivity index (χ1n) is 3.69. The van der Waals surface area contributed by atoms with Crippen LogP contribution in [0.15, 0.2) is 11.3 Å². The van der Waals surface area contributed by atoms with Crippen molar-refractivity contribution in [2.45, 2.75) is 13.8 Å². The van der Waals surface area contributed by atoms with Crippen molar-refractivity contribution in [1.82, 2.24) is 0 Å². The Balaban J connectivity index is 2.71. The Morgan fingerprint density at radius 2 is 2.27 bits per heavy atom. The molecular weight excluding hydrogens is 160 g/mol. The van der Waals surface area contributed by atoms with Gasteiger partial charge in [-0.15, -0.1) is 11.8 Å². The van der Waals surface area contributed by atoms with Gasteiger partial charge in [-0.25, -0.2) is 0 Å². The van der Waals surface area contributed by atoms with Gasteiger partial charge in [-0.3, -0.25) is 4.79 Å². The van der Waals surface area contributed by atoms with Crippen LogP contribution in [0.5, 0.6) is 0 Å². The number of thioether (sulfide) groups is 1. The molecule has 0 amide bonds. The number of ketones is 1. The third-order valence-corrected chi connectivity index (χ3v) is 2.55. The lowest BCUT2D eigenvalue weighted by molar-refractivity contribution is -0.113. The number of ether oxygens (including phenoxy) is 1. The lowest BCUT2D eigenvalue weighted by atomic mass is 10.2. The van der Waals surface area contributed by atoms with Crippen molar-refractivity contribution in [2.24, 2.45) is 0 Å². The van der Waals surface area contributed by atoms with Gasteiger partial charge in [-0.05, 0) is 13.8 Å². The van der Waals surface area contributed by atoms with Crippen molar-refractivity contribution >= 4 is 17.5 Å². The van der Waals surface area contributed by atoms with Crippen molar-refractivity contribution in [3.05, 3.63) is 11.3 Å². The Morgan fingerprint density at radius 3 is 2.91 bits per heavy atom. The lowest BCUT2D eigenvalue weighted by Gasteiger charge is -2.15. The summed E-state index contributed by atoms with van der Waals surface area (Å²) in [4.78, 5) is 11.1. The molecule has 0 radical (unpaired) electrons. The van der Waals surface area contributed by atoms with Gasteiger partial charge in [0.25, 0.3) is 0 Å². The molecule has 2 nitrogen and oxygen atoms in total. The highest BCUT2D eigenvalue weighted by atomic mass is 32.2. The van der Waals surface area contributed by atoms with Crippen LogP contribution in [-0.2, 0) is 9.53 Å². The largest absolute Gasteiger partial charge is 0.497 e. The average Bonchev–Trinajstić information content (AvgIpc) is 1.99. The van der Waals surface area contributed by atoms with Crippen LogP contribution >= 0.6 is 11.8 Å². The minimum Gasteiger partial charge on any atom is -0.497 e. The van der Waals surface area contributed by atoms with Gasteiger partial charge >= 0.3 is 0 Å². The number of allylic oxidation sites excluding steroid dienone is 1. The number of carbonyl (C=O) groups excluding carboxylic acids is 1. The highest BCUT2D eigenvalue weighted by molar-refractivity contribution is 8.00. The van der Waals surface area contributed by atoms with E-state index in [-0.39, 0.29) is 5.78 Å². The minimum absolute atomic E-state index is 0.213. The van der Waals surface area contributed by atoms with E-state index in [1.54, 1.807) is 11.8 Å². The summed E-state index contributed by atoms with van der Waals surface area (Å²) in [5.41, 5.74) is 0.811. The summed E-state index contributed by atoms with van der Waals surface area (Å²) in [5, 5.41) is 0. The molecule has 0 atom stereocenters. The van der Waals surface area contributed by atoms with Crippen LogP contribution in [0.1, 0.15) is 13.8 Å². The summed E-state index contributed by atoms with van der Waals surface area (Å²) in [6, 6.07) is 0. The van der Waals surface area contributed by atoms with E-state index in [9.17, 15) is 4.79 Å². The summed E-state index contributed by atoms with van der Waals surface area (Å²) in [6.45, 7) is 4.43. The molecular formula is C8H12O2S. The molecule has 1 heterocycles. The molecule has 11 heavy (non-hydrogen) atoms. The Kier molecular flexibility index (Phi) is 3.00. The van der Waals surface area contributed by atoms with Crippen LogP contribution in [-0.4, -0.2) is 23.9 Å². The van der Waals surface area contributed by atoms with E-state index in [1.165, 1.54) is 0 Å². The normalized spacial score (nSPS) is 18.9. The van der Waals surface area contributed by atoms with Crippen LogP contribution in [0.2, 0.25) is 0 Å². The van der Waals surface area contributed by atoms with E-state index in [0.717, 1.165) is 17.1 Å². The second kappa shape index (κ2) is 3.81. The molecule has 0 aliphatic carbocycles. The maximum atomic E-state index is 11.1. The zero-order chi connectivity index (χ0) is 8.27. The fourth-order valence-electron chi connectivity index (χ4n) is 0.933. The number of hydrogen-bond acceptors (Lipinski definition) is 3. The maximum Gasteiger partial charge on any atom is 0.171 e. The molecule has 0 N–H and O–H groups in total. The Morgan fingerprint density at radius 1 is 1.55 bits per heavy atom. The van der Waals surface area contributed by atoms with E-state index < -0.39 is 0 Å². The van der Waals surface area contributed by atoms with E-state index in [1.807, 2.05) is 13.8 Å². The first-order valence-corrected chi connectivity index (χ1v) is 4.84. The highest BCUT2D eigenvalue weighted by Gasteiger charge is 2.17. The molecule has 3 heteroatoms. The smallest absolute Gasteiger partial charge is 0.171 e. The first-order chi connectivity index (χ1) is 5.25. The van der Waals surface area contributed by atoms with Gasteiger partial charge in [0.2, 0.25) is 0 Å². The number of carbonyl (C=O) groups is 1. The van der Waals surface area contributed by atoms with E-state index in [2.05, 4.69) is 0 Å². The van der Waals surface area contributed by atoms with Gasteiger partial charge in [-0.2, -0.15) is 0 Å². The molecule has 62 valence electrons. The fraction of sp³-hybridized carbons (Fsp3) is 0.625. The predicted molar refractivity (Wildman–Crippen MR) is 46.7 cm³/mol. The van der Waals surface area contributed by atoms with Crippen LogP contribution < -0.4 is 0 Å². The molecule has 0 unspecified atom stereocenters. The van der Waals surface area contributed by atoms with Crippen molar-refractivity contribution < 1.29 is 9.53 Å². The Hall–Kier alpha value is -0.440. The van der Waals surface area contributed by atoms with E-state index >= 15 is 0 Å². The molecule has 0 spiro atoms. The molecule has 1 rings (SSSR count). The third kappa shape index (κ3) is 1.99. The van der Waals surface area contributed by atoms with Crippen LogP contribution in [0.4, 0.5) is 0 Å².